The van der Waals surface area contributed by atoms with Gasteiger partial charge in [-0.3, -0.25) is 38.9 Å². The van der Waals surface area contributed by atoms with Crippen molar-refractivity contribution in [1.29, 1.82) is 0 Å². The summed E-state index contributed by atoms with van der Waals surface area (Å²) in [4.78, 5) is 118. The molecule has 364 valence electrons. The van der Waals surface area contributed by atoms with E-state index >= 15 is 0 Å². The number of rotatable bonds is 17. The zero-order valence-electron chi connectivity index (χ0n) is 39.3. The van der Waals surface area contributed by atoms with Crippen molar-refractivity contribution in [2.45, 2.75) is 142 Å². The molecule has 19 nitrogen and oxygen atoms in total. The maximum absolute atomic E-state index is 14.9. The maximum atomic E-state index is 14.9. The molecule has 1 aromatic rings. The van der Waals surface area contributed by atoms with Crippen molar-refractivity contribution in [3.63, 3.8) is 0 Å². The molecule has 4 aliphatic rings. The number of benzene rings is 1. The standard InChI is InChI=1S/C46H66N6O10.CH3NO2/c1-45(2,3)37(51-40(56)31(23-15-16-24-32(53)62-6)48-39(55)28-21-13-14-22-29(28)44(60)61)43(59)52-25-30-33(46(30,4)5)36(52)42(58)50-35(27-19-11-8-12-20-27)41(57)49-34(38(47)54)26-17-9-7-10-18-26;1-2(3)4/h13-14,16,21-22,24,26-27,30-31,33-37H,7-12,15,17-20,23,25H2,1-6H3,(H2,47,54)(H,48,55)(H,49,57)(H,50,58)(H,51,56)(H,60,61);1H3/b24-16+;/t30-,31-,33-,34-,35-,36-,37+;/m0./s1. The Labute approximate surface area is 386 Å². The summed E-state index contributed by atoms with van der Waals surface area (Å²) in [6.45, 7) is 9.65. The quantitative estimate of drug-likeness (QED) is 0.0567. The second kappa shape index (κ2) is 23.0. The van der Waals surface area contributed by atoms with Crippen LogP contribution in [0.3, 0.4) is 0 Å². The third kappa shape index (κ3) is 13.6. The fraction of sp³-hybridized carbons (Fsp3) is 0.660. The summed E-state index contributed by atoms with van der Waals surface area (Å²) in [6.07, 6.45) is 11.5. The lowest BCUT2D eigenvalue weighted by molar-refractivity contribution is -0.445. The van der Waals surface area contributed by atoms with Crippen LogP contribution in [0.2, 0.25) is 0 Å². The van der Waals surface area contributed by atoms with E-state index in [4.69, 9.17) is 15.8 Å². The van der Waals surface area contributed by atoms with E-state index in [1.807, 2.05) is 13.8 Å². The number of fused-ring (bicyclic) bond motifs is 1. The molecule has 4 fully saturated rings. The molecular weight excluding hydrogens is 855 g/mol. The molecule has 1 heterocycles. The minimum absolute atomic E-state index is 0.0195. The smallest absolute Gasteiger partial charge is 0.336 e. The number of carbonyl (C=O) groups excluding carboxylic acids is 7. The molecule has 3 aliphatic carbocycles. The lowest BCUT2D eigenvalue weighted by Gasteiger charge is -2.39. The Morgan fingerprint density at radius 3 is 1.94 bits per heavy atom. The minimum atomic E-state index is -1.33. The molecule has 0 bridgehead atoms. The number of hydrogen-bond donors (Lipinski definition) is 6. The molecule has 0 aromatic heterocycles. The van der Waals surface area contributed by atoms with Crippen LogP contribution in [0.25, 0.3) is 0 Å². The van der Waals surface area contributed by atoms with Crippen LogP contribution in [0, 0.1) is 44.6 Å². The van der Waals surface area contributed by atoms with Gasteiger partial charge in [-0.1, -0.05) is 91.4 Å². The number of nitrogens with zero attached hydrogens (tertiary/aromatic N) is 2. The Morgan fingerprint density at radius 1 is 0.879 bits per heavy atom. The normalized spacial score (nSPS) is 22.2. The fourth-order valence-electron chi connectivity index (χ4n) is 9.99. The van der Waals surface area contributed by atoms with Crippen LogP contribution in [0.5, 0.6) is 0 Å². The van der Waals surface area contributed by atoms with Gasteiger partial charge in [0.1, 0.15) is 30.2 Å². The topological polar surface area (TPSA) is 287 Å². The molecule has 7 N–H and O–H groups in total. The monoisotopic (exact) mass is 924 g/mol. The number of esters is 1. The highest BCUT2D eigenvalue weighted by Gasteiger charge is 2.70. The first-order chi connectivity index (χ1) is 31.0. The van der Waals surface area contributed by atoms with Crippen molar-refractivity contribution in [2.24, 2.45) is 40.2 Å². The summed E-state index contributed by atoms with van der Waals surface area (Å²) in [6, 6.07) is 0.336. The first kappa shape index (κ1) is 52.7. The summed E-state index contributed by atoms with van der Waals surface area (Å²) < 4.78 is 4.65. The molecule has 6 amide bonds. The van der Waals surface area contributed by atoms with Gasteiger partial charge in [0.05, 0.1) is 18.2 Å². The first-order valence-corrected chi connectivity index (χ1v) is 23.0. The predicted molar refractivity (Wildman–Crippen MR) is 242 cm³/mol. The van der Waals surface area contributed by atoms with Crippen molar-refractivity contribution >= 4 is 47.4 Å². The van der Waals surface area contributed by atoms with Gasteiger partial charge >= 0.3 is 11.9 Å². The van der Waals surface area contributed by atoms with Gasteiger partial charge in [-0.2, -0.15) is 0 Å². The second-order valence-corrected chi connectivity index (χ2v) is 19.7. The summed E-state index contributed by atoms with van der Waals surface area (Å²) in [5.41, 5.74) is 4.24. The summed E-state index contributed by atoms with van der Waals surface area (Å²) in [7, 11) is 2.11. The van der Waals surface area contributed by atoms with E-state index in [1.54, 1.807) is 20.8 Å². The number of allylic oxidation sites excluding steroid dienone is 1. The van der Waals surface area contributed by atoms with Gasteiger partial charge in [0.2, 0.25) is 29.5 Å². The van der Waals surface area contributed by atoms with Crippen LogP contribution in [-0.2, 0) is 33.5 Å². The van der Waals surface area contributed by atoms with E-state index < -0.39 is 87.9 Å². The van der Waals surface area contributed by atoms with Gasteiger partial charge in [0, 0.05) is 17.5 Å². The van der Waals surface area contributed by atoms with Gasteiger partial charge in [-0.05, 0) is 85.2 Å². The highest BCUT2D eigenvalue weighted by molar-refractivity contribution is 6.06. The largest absolute Gasteiger partial charge is 0.478 e. The summed E-state index contributed by atoms with van der Waals surface area (Å²) >= 11 is 0. The molecule has 1 aromatic carbocycles. The zero-order chi connectivity index (χ0) is 49.1. The number of ether oxygens (including phenoxy) is 1. The molecule has 7 atom stereocenters. The number of carboxylic acids is 1. The van der Waals surface area contributed by atoms with E-state index in [2.05, 4.69) is 26.0 Å². The number of amides is 6. The number of likely N-dealkylation sites (tertiary alicyclic amines) is 1. The molecule has 5 rings (SSSR count). The highest BCUT2D eigenvalue weighted by atomic mass is 16.6. The van der Waals surface area contributed by atoms with Crippen molar-refractivity contribution in [3.8, 4) is 0 Å². The van der Waals surface area contributed by atoms with E-state index in [0.717, 1.165) is 58.4 Å². The van der Waals surface area contributed by atoms with E-state index in [0.29, 0.717) is 12.8 Å². The fourth-order valence-corrected chi connectivity index (χ4v) is 9.99. The van der Waals surface area contributed by atoms with E-state index in [-0.39, 0.29) is 59.6 Å². The predicted octanol–water partition coefficient (Wildman–Crippen LogP) is 3.51. The number of carboxylic acid groups (broad SMARTS) is 1. The third-order valence-electron chi connectivity index (χ3n) is 13.7. The van der Waals surface area contributed by atoms with Gasteiger partial charge < -0.3 is 41.7 Å². The second-order valence-electron chi connectivity index (χ2n) is 19.7. The van der Waals surface area contributed by atoms with Crippen LogP contribution in [-0.4, -0.2) is 113 Å². The van der Waals surface area contributed by atoms with Crippen LogP contribution in [0.1, 0.15) is 132 Å². The number of methoxy groups -OCH3 is 1. The highest BCUT2D eigenvalue weighted by Crippen LogP contribution is 2.65. The molecule has 19 heteroatoms. The number of primary amides is 1. The average Bonchev–Trinajstić information content (AvgIpc) is 3.55. The minimum Gasteiger partial charge on any atom is -0.478 e. The zero-order valence-corrected chi connectivity index (χ0v) is 39.3. The Balaban J connectivity index is 0.00000228. The van der Waals surface area contributed by atoms with Crippen LogP contribution in [0.15, 0.2) is 36.4 Å². The number of aromatic carboxylic acids is 1. The number of hydrogen-bond acceptors (Lipinski definition) is 11. The number of piperidine rings is 1. The average molecular weight is 924 g/mol. The van der Waals surface area contributed by atoms with Gasteiger partial charge in [-0.25, -0.2) is 9.59 Å². The Kier molecular flexibility index (Phi) is 18.4. The van der Waals surface area contributed by atoms with Gasteiger partial charge in [0.25, 0.3) is 5.91 Å². The number of nitrogens with one attached hydrogen (secondary N) is 4. The van der Waals surface area contributed by atoms with E-state index in [1.165, 1.54) is 48.4 Å². The SMILES string of the molecule is COC(=O)/C=C/CC[C@H](NC(=O)c1ccccc1C(=O)O)C(=O)N[C@H](C(=O)N1C[C@H]2[C@@H]([C@H]1C(=O)N[C@H](C(=O)N[C@H](C(N)=O)C1CCCCC1)C1CCCCC1)C2(C)C)C(C)(C)C.C[N+](=O)[O-]. The molecular formula is C47H69N7O12. The van der Waals surface area contributed by atoms with Crippen molar-refractivity contribution in [2.75, 3.05) is 20.7 Å². The molecule has 66 heavy (non-hydrogen) atoms. The number of nitrogens with two attached hydrogens (primary N) is 1. The van der Waals surface area contributed by atoms with Crippen LogP contribution >= 0.6 is 0 Å². The summed E-state index contributed by atoms with van der Waals surface area (Å²) in [5, 5.41) is 30.0. The summed E-state index contributed by atoms with van der Waals surface area (Å²) in [5.74, 6) is -6.05. The van der Waals surface area contributed by atoms with Crippen molar-refractivity contribution in [1.82, 2.24) is 26.2 Å². The lowest BCUT2D eigenvalue weighted by Crippen LogP contribution is -2.63. The van der Waals surface area contributed by atoms with Gasteiger partial charge in [-0.15, -0.1) is 0 Å². The van der Waals surface area contributed by atoms with Crippen LogP contribution < -0.4 is 27.0 Å². The molecule has 0 radical (unpaired) electrons. The molecule has 1 saturated heterocycles. The van der Waals surface area contributed by atoms with Crippen LogP contribution in [0.4, 0.5) is 0 Å². The molecule has 3 saturated carbocycles. The maximum Gasteiger partial charge on any atom is 0.336 e. The molecule has 0 unspecified atom stereocenters. The molecule has 0 spiro atoms. The molecule has 1 aliphatic heterocycles. The number of nitro groups is 1. The lowest BCUT2D eigenvalue weighted by atomic mass is 9.81. The Bertz CT molecular complexity index is 2000. The van der Waals surface area contributed by atoms with Crippen molar-refractivity contribution < 1.29 is 53.1 Å². The first-order valence-electron chi connectivity index (χ1n) is 23.0. The third-order valence-corrected chi connectivity index (χ3v) is 13.7. The Morgan fingerprint density at radius 2 is 1.42 bits per heavy atom. The van der Waals surface area contributed by atoms with Gasteiger partial charge in [0.15, 0.2) is 7.05 Å². The Hall–Kier alpha value is -5.88. The van der Waals surface area contributed by atoms with E-state index in [9.17, 15) is 43.5 Å². The van der Waals surface area contributed by atoms with Crippen molar-refractivity contribution in [3.05, 3.63) is 57.7 Å². The number of carbonyl (C=O) groups is 8.